The van der Waals surface area contributed by atoms with Crippen LogP contribution in [0.3, 0.4) is 0 Å². The van der Waals surface area contributed by atoms with E-state index in [-0.39, 0.29) is 4.90 Å². The summed E-state index contributed by atoms with van der Waals surface area (Å²) in [6, 6.07) is 4.26. The molecule has 14 heavy (non-hydrogen) atoms. The molecular weight excluding hydrogens is 202 g/mol. The minimum atomic E-state index is -3.42. The lowest BCUT2D eigenvalue weighted by atomic mass is 10.3. The summed E-state index contributed by atoms with van der Waals surface area (Å²) in [4.78, 5) is 0.124. The molecule has 4 nitrogen and oxygen atoms in total. The van der Waals surface area contributed by atoms with Gasteiger partial charge in [0.2, 0.25) is 0 Å². The molecule has 0 spiro atoms. The van der Waals surface area contributed by atoms with E-state index < -0.39 is 9.84 Å². The van der Waals surface area contributed by atoms with Crippen LogP contribution in [-0.2, 0) is 9.84 Å². The Kier molecular flexibility index (Phi) is 2.81. The van der Waals surface area contributed by atoms with Gasteiger partial charge in [0.25, 0.3) is 0 Å². The van der Waals surface area contributed by atoms with E-state index >= 15 is 0 Å². The third-order valence-electron chi connectivity index (χ3n) is 1.75. The first-order valence-corrected chi connectivity index (χ1v) is 5.37. The lowest BCUT2D eigenvalue weighted by Crippen LogP contribution is -1.98. The van der Waals surface area contributed by atoms with Gasteiger partial charge >= 0.3 is 0 Å². The first kappa shape index (κ1) is 10.6. The van der Waals surface area contributed by atoms with Crippen molar-refractivity contribution in [2.45, 2.75) is 4.90 Å². The third kappa shape index (κ3) is 1.88. The van der Waals surface area contributed by atoms with E-state index in [4.69, 9.17) is 10.5 Å². The van der Waals surface area contributed by atoms with Gasteiger partial charge in [0.15, 0.2) is 9.84 Å². The van der Waals surface area contributed by atoms with Gasteiger partial charge in [-0.25, -0.2) is 8.42 Å². The molecule has 2 N–H and O–H groups in total. The first-order valence-electron chi connectivity index (χ1n) is 3.82. The zero-order valence-corrected chi connectivity index (χ0v) is 8.54. The van der Waals surface area contributed by atoms with Crippen molar-refractivity contribution in [3.63, 3.8) is 0 Å². The molecule has 1 aromatic carbocycles. The van der Waals surface area contributed by atoms with Gasteiger partial charge < -0.3 is 10.5 Å². The summed E-state index contributed by atoms with van der Waals surface area (Å²) < 4.78 is 27.6. The van der Waals surface area contributed by atoms with Crippen LogP contribution in [-0.4, -0.2) is 15.5 Å². The highest BCUT2D eigenvalue weighted by Gasteiger charge is 2.11. The first-order chi connectivity index (χ1) is 6.51. The van der Waals surface area contributed by atoms with Crippen molar-refractivity contribution in [1.82, 2.24) is 0 Å². The van der Waals surface area contributed by atoms with Gasteiger partial charge in [0.1, 0.15) is 5.75 Å². The number of rotatable bonds is 3. The Labute approximate surface area is 82.9 Å². The summed E-state index contributed by atoms with van der Waals surface area (Å²) in [5.74, 6) is 0.341. The molecule has 0 amide bonds. The fourth-order valence-corrected chi connectivity index (χ4v) is 1.69. The highest BCUT2D eigenvalue weighted by Crippen LogP contribution is 2.25. The average Bonchev–Trinajstić information content (AvgIpc) is 2.18. The van der Waals surface area contributed by atoms with Crippen molar-refractivity contribution < 1.29 is 13.2 Å². The molecule has 1 rings (SSSR count). The molecule has 0 unspecified atom stereocenters. The Morgan fingerprint density at radius 2 is 2.14 bits per heavy atom. The van der Waals surface area contributed by atoms with Crippen molar-refractivity contribution >= 4 is 15.5 Å². The van der Waals surface area contributed by atoms with E-state index in [1.165, 1.54) is 25.3 Å². The van der Waals surface area contributed by atoms with Crippen molar-refractivity contribution in [2.24, 2.45) is 0 Å². The van der Waals surface area contributed by atoms with Gasteiger partial charge in [-0.1, -0.05) is 6.58 Å². The molecule has 5 heteroatoms. The average molecular weight is 213 g/mol. The van der Waals surface area contributed by atoms with E-state index in [0.29, 0.717) is 11.4 Å². The quantitative estimate of drug-likeness (QED) is 0.766. The predicted molar refractivity (Wildman–Crippen MR) is 54.8 cm³/mol. The number of hydrogen-bond acceptors (Lipinski definition) is 4. The topological polar surface area (TPSA) is 69.4 Å². The maximum absolute atomic E-state index is 11.4. The minimum Gasteiger partial charge on any atom is -0.495 e. The molecule has 0 heterocycles. The van der Waals surface area contributed by atoms with Crippen LogP contribution in [0.5, 0.6) is 5.75 Å². The lowest BCUT2D eigenvalue weighted by Gasteiger charge is -2.05. The Bertz CT molecular complexity index is 451. The Hall–Kier alpha value is -1.49. The number of nitrogens with two attached hydrogens (primary N) is 1. The summed E-state index contributed by atoms with van der Waals surface area (Å²) in [5.41, 5.74) is 5.94. The molecule has 0 fully saturated rings. The second-order valence-electron chi connectivity index (χ2n) is 2.62. The van der Waals surface area contributed by atoms with Gasteiger partial charge in [0, 0.05) is 11.5 Å². The zero-order chi connectivity index (χ0) is 10.8. The Balaban J connectivity index is 3.33. The van der Waals surface area contributed by atoms with E-state index in [1.54, 1.807) is 0 Å². The lowest BCUT2D eigenvalue weighted by molar-refractivity contribution is 0.415. The number of hydrogen-bond donors (Lipinski definition) is 1. The smallest absolute Gasteiger partial charge is 0.199 e. The molecule has 0 atom stereocenters. The zero-order valence-electron chi connectivity index (χ0n) is 7.73. The maximum atomic E-state index is 11.4. The van der Waals surface area contributed by atoms with Crippen molar-refractivity contribution in [3.8, 4) is 5.75 Å². The van der Waals surface area contributed by atoms with Gasteiger partial charge in [-0.3, -0.25) is 0 Å². The number of nitrogen functional groups attached to an aromatic ring is 1. The molecule has 0 aliphatic carbocycles. The molecule has 0 aliphatic rings. The summed E-state index contributed by atoms with van der Waals surface area (Å²) in [6.07, 6.45) is 0. The van der Waals surface area contributed by atoms with Gasteiger partial charge in [-0.2, -0.15) is 0 Å². The van der Waals surface area contributed by atoms with Gasteiger partial charge in [0.05, 0.1) is 17.7 Å². The third-order valence-corrected chi connectivity index (χ3v) is 3.10. The van der Waals surface area contributed by atoms with E-state index in [1.807, 2.05) is 0 Å². The van der Waals surface area contributed by atoms with Crippen LogP contribution in [0.4, 0.5) is 5.69 Å². The standard InChI is InChI=1S/C9H11NO3S/c1-3-14(11,12)7-4-5-8(10)9(6-7)13-2/h3-6H,1,10H2,2H3. The molecule has 0 aromatic heterocycles. The van der Waals surface area contributed by atoms with Gasteiger partial charge in [-0.15, -0.1) is 0 Å². The fourth-order valence-electron chi connectivity index (χ4n) is 0.965. The number of ether oxygens (including phenoxy) is 1. The van der Waals surface area contributed by atoms with Gasteiger partial charge in [-0.05, 0) is 12.1 Å². The van der Waals surface area contributed by atoms with Crippen molar-refractivity contribution in [3.05, 3.63) is 30.2 Å². The maximum Gasteiger partial charge on any atom is 0.199 e. The molecule has 0 saturated carbocycles. The Morgan fingerprint density at radius 1 is 1.50 bits per heavy atom. The van der Waals surface area contributed by atoms with Crippen LogP contribution in [0.25, 0.3) is 0 Å². The number of anilines is 1. The molecule has 0 radical (unpaired) electrons. The largest absolute Gasteiger partial charge is 0.495 e. The van der Waals surface area contributed by atoms with E-state index in [9.17, 15) is 8.42 Å². The van der Waals surface area contributed by atoms with Crippen molar-refractivity contribution in [2.75, 3.05) is 12.8 Å². The fraction of sp³-hybridized carbons (Fsp3) is 0.111. The molecular formula is C9H11NO3S. The monoisotopic (exact) mass is 213 g/mol. The molecule has 76 valence electrons. The number of benzene rings is 1. The normalized spacial score (nSPS) is 10.9. The highest BCUT2D eigenvalue weighted by molar-refractivity contribution is 7.94. The van der Waals surface area contributed by atoms with Crippen LogP contribution >= 0.6 is 0 Å². The second kappa shape index (κ2) is 3.71. The van der Waals surface area contributed by atoms with Crippen LogP contribution in [0.15, 0.2) is 35.1 Å². The summed E-state index contributed by atoms with van der Waals surface area (Å²) in [6.45, 7) is 3.23. The van der Waals surface area contributed by atoms with Crippen LogP contribution in [0.2, 0.25) is 0 Å². The van der Waals surface area contributed by atoms with E-state index in [0.717, 1.165) is 5.41 Å². The number of sulfone groups is 1. The van der Waals surface area contributed by atoms with E-state index in [2.05, 4.69) is 6.58 Å². The Morgan fingerprint density at radius 3 is 2.64 bits per heavy atom. The SMILES string of the molecule is C=CS(=O)(=O)c1ccc(N)c(OC)c1. The molecule has 0 saturated heterocycles. The summed E-state index contributed by atoms with van der Waals surface area (Å²) >= 11 is 0. The molecule has 0 aliphatic heterocycles. The summed E-state index contributed by atoms with van der Waals surface area (Å²) in [7, 11) is -1.99. The predicted octanol–water partition coefficient (Wildman–Crippen LogP) is 1.19. The number of methoxy groups -OCH3 is 1. The summed E-state index contributed by atoms with van der Waals surface area (Å²) in [5, 5.41) is 0.887. The molecule has 1 aromatic rings. The minimum absolute atomic E-state index is 0.124. The van der Waals surface area contributed by atoms with Crippen LogP contribution in [0, 0.1) is 0 Å². The van der Waals surface area contributed by atoms with Crippen LogP contribution < -0.4 is 10.5 Å². The van der Waals surface area contributed by atoms with Crippen molar-refractivity contribution in [1.29, 1.82) is 0 Å². The second-order valence-corrected chi connectivity index (χ2v) is 4.51. The highest BCUT2D eigenvalue weighted by atomic mass is 32.2. The molecule has 0 bridgehead atoms. The van der Waals surface area contributed by atoms with Crippen LogP contribution in [0.1, 0.15) is 0 Å².